The third kappa shape index (κ3) is 4.90. The monoisotopic (exact) mass is 402 g/mol. The molecule has 1 N–H and O–H groups in total. The number of anilines is 1. The van der Waals surface area contributed by atoms with Gasteiger partial charge in [0.25, 0.3) is 0 Å². The van der Waals surface area contributed by atoms with Gasteiger partial charge in [-0.05, 0) is 46.6 Å². The maximum Gasteiger partial charge on any atom is 0.234 e. The lowest BCUT2D eigenvalue weighted by Crippen LogP contribution is -2.25. The number of nitrogens with one attached hydrogen (secondary N) is 1. The van der Waals surface area contributed by atoms with E-state index >= 15 is 0 Å². The van der Waals surface area contributed by atoms with Gasteiger partial charge in [0, 0.05) is 11.8 Å². The van der Waals surface area contributed by atoms with Crippen molar-refractivity contribution in [2.75, 3.05) is 11.1 Å². The van der Waals surface area contributed by atoms with Crippen molar-refractivity contribution in [1.29, 1.82) is 0 Å². The molecule has 0 bridgehead atoms. The molecule has 0 saturated heterocycles. The smallest absolute Gasteiger partial charge is 0.234 e. The van der Waals surface area contributed by atoms with Crippen molar-refractivity contribution in [3.63, 3.8) is 0 Å². The van der Waals surface area contributed by atoms with E-state index in [1.165, 1.54) is 6.26 Å². The number of benzene rings is 1. The van der Waals surface area contributed by atoms with Crippen LogP contribution in [0, 0.1) is 0 Å². The standard InChI is InChI=1S/C19H15ClN2O4S/c20-27(25)12-15(19(24)22-17-8-1-2-9-21-17)13-5-3-6-14(11-13)18(23)16-7-4-10-26-16/h1-11,15H,12H2,(H,21,22,24)/t15?,27-/m0/s1. The Morgan fingerprint density at radius 3 is 2.67 bits per heavy atom. The molecule has 2 heterocycles. The third-order valence-electron chi connectivity index (χ3n) is 3.83. The van der Waals surface area contributed by atoms with Crippen molar-refractivity contribution in [2.24, 2.45) is 0 Å². The summed E-state index contributed by atoms with van der Waals surface area (Å²) in [6.07, 6.45) is 2.96. The van der Waals surface area contributed by atoms with Crippen molar-refractivity contribution >= 4 is 38.2 Å². The molecule has 8 heteroatoms. The largest absolute Gasteiger partial charge is 0.461 e. The van der Waals surface area contributed by atoms with Gasteiger partial charge in [-0.1, -0.05) is 24.3 Å². The molecule has 2 aromatic heterocycles. The van der Waals surface area contributed by atoms with Gasteiger partial charge >= 0.3 is 0 Å². The Morgan fingerprint density at radius 2 is 2.00 bits per heavy atom. The minimum absolute atomic E-state index is 0.0986. The average molecular weight is 403 g/mol. The summed E-state index contributed by atoms with van der Waals surface area (Å²) in [4.78, 5) is 29.2. The van der Waals surface area contributed by atoms with Crippen LogP contribution < -0.4 is 5.32 Å². The average Bonchev–Trinajstić information content (AvgIpc) is 3.21. The van der Waals surface area contributed by atoms with E-state index in [-0.39, 0.29) is 17.3 Å². The van der Waals surface area contributed by atoms with Crippen molar-refractivity contribution in [3.05, 3.63) is 83.9 Å². The summed E-state index contributed by atoms with van der Waals surface area (Å²) in [6, 6.07) is 14.8. The molecule has 1 amide bonds. The number of hydrogen-bond donors (Lipinski definition) is 1. The first-order chi connectivity index (χ1) is 13.0. The van der Waals surface area contributed by atoms with Gasteiger partial charge in [0.1, 0.15) is 15.8 Å². The number of ketones is 1. The number of carbonyl (C=O) groups excluding carboxylic acids is 2. The van der Waals surface area contributed by atoms with Crippen molar-refractivity contribution in [3.8, 4) is 0 Å². The lowest BCUT2D eigenvalue weighted by atomic mass is 9.96. The Morgan fingerprint density at radius 1 is 1.15 bits per heavy atom. The second-order valence-electron chi connectivity index (χ2n) is 5.65. The van der Waals surface area contributed by atoms with E-state index in [9.17, 15) is 13.8 Å². The highest BCUT2D eigenvalue weighted by atomic mass is 35.7. The SMILES string of the molecule is O=C(c1cccc(C(C[S@](=O)Cl)C(=O)Nc2ccccn2)c1)c1ccco1. The summed E-state index contributed by atoms with van der Waals surface area (Å²) >= 11 is 0. The normalized spacial score (nSPS) is 12.9. The predicted octanol–water partition coefficient (Wildman–Crippen LogP) is 3.53. The van der Waals surface area contributed by atoms with E-state index in [1.807, 2.05) is 0 Å². The highest BCUT2D eigenvalue weighted by molar-refractivity contribution is 8.08. The lowest BCUT2D eigenvalue weighted by molar-refractivity contribution is -0.117. The molecule has 1 unspecified atom stereocenters. The van der Waals surface area contributed by atoms with E-state index in [4.69, 9.17) is 15.1 Å². The Kier molecular flexibility index (Phi) is 6.16. The van der Waals surface area contributed by atoms with E-state index in [0.29, 0.717) is 16.9 Å². The van der Waals surface area contributed by atoms with Gasteiger partial charge in [0.05, 0.1) is 17.9 Å². The molecule has 27 heavy (non-hydrogen) atoms. The molecule has 3 rings (SSSR count). The van der Waals surface area contributed by atoms with Crippen LogP contribution in [0.4, 0.5) is 5.82 Å². The van der Waals surface area contributed by atoms with Crippen LogP contribution in [0.3, 0.4) is 0 Å². The fraction of sp³-hybridized carbons (Fsp3) is 0.105. The van der Waals surface area contributed by atoms with Gasteiger partial charge in [-0.3, -0.25) is 9.59 Å². The first-order valence-electron chi connectivity index (χ1n) is 7.99. The number of nitrogens with zero attached hydrogens (tertiary/aromatic N) is 1. The van der Waals surface area contributed by atoms with Gasteiger partial charge in [0.2, 0.25) is 11.7 Å². The van der Waals surface area contributed by atoms with E-state index in [0.717, 1.165) is 0 Å². The number of amides is 1. The van der Waals surface area contributed by atoms with Gasteiger partial charge in [-0.25, -0.2) is 9.19 Å². The molecule has 0 aliphatic rings. The second kappa shape index (κ2) is 8.75. The Hall–Kier alpha value is -2.77. The molecular weight excluding hydrogens is 388 g/mol. The molecule has 0 fully saturated rings. The summed E-state index contributed by atoms with van der Waals surface area (Å²) < 4.78 is 16.7. The maximum absolute atomic E-state index is 12.7. The molecule has 3 aromatic rings. The highest BCUT2D eigenvalue weighted by Crippen LogP contribution is 2.23. The minimum atomic E-state index is -1.73. The van der Waals surface area contributed by atoms with Crippen molar-refractivity contribution in [1.82, 2.24) is 4.98 Å². The molecule has 0 spiro atoms. The van der Waals surface area contributed by atoms with E-state index < -0.39 is 21.8 Å². The van der Waals surface area contributed by atoms with Gasteiger partial charge in [-0.15, -0.1) is 0 Å². The van der Waals surface area contributed by atoms with Crippen LogP contribution in [-0.4, -0.2) is 26.6 Å². The number of hydrogen-bond acceptors (Lipinski definition) is 5. The summed E-state index contributed by atoms with van der Waals surface area (Å²) in [5, 5.41) is 2.68. The first-order valence-corrected chi connectivity index (χ1v) is 10.1. The van der Waals surface area contributed by atoms with Crippen LogP contribution in [-0.2, 0) is 14.8 Å². The summed E-state index contributed by atoms with van der Waals surface area (Å²) in [5.74, 6) is -1.06. The Labute approximate surface area is 162 Å². The number of pyridine rings is 1. The number of halogens is 1. The maximum atomic E-state index is 12.7. The number of rotatable bonds is 7. The zero-order valence-corrected chi connectivity index (χ0v) is 15.6. The van der Waals surface area contributed by atoms with Gasteiger partial charge < -0.3 is 9.73 Å². The molecular formula is C19H15ClN2O4S. The van der Waals surface area contributed by atoms with Crippen LogP contribution >= 0.6 is 10.7 Å². The molecule has 0 aliphatic carbocycles. The molecule has 138 valence electrons. The van der Waals surface area contributed by atoms with Gasteiger partial charge in [0.15, 0.2) is 5.76 Å². The number of aromatic nitrogens is 1. The molecule has 6 nitrogen and oxygen atoms in total. The van der Waals surface area contributed by atoms with Crippen LogP contribution in [0.25, 0.3) is 0 Å². The van der Waals surface area contributed by atoms with Gasteiger partial charge in [-0.2, -0.15) is 0 Å². The van der Waals surface area contributed by atoms with Crippen molar-refractivity contribution in [2.45, 2.75) is 5.92 Å². The summed E-state index contributed by atoms with van der Waals surface area (Å²) in [6.45, 7) is 0. The Balaban J connectivity index is 1.88. The first kappa shape index (κ1) is 19.0. The molecule has 2 atom stereocenters. The van der Waals surface area contributed by atoms with Crippen LogP contribution in [0.5, 0.6) is 0 Å². The molecule has 0 radical (unpaired) electrons. The molecule has 0 aliphatic heterocycles. The summed E-state index contributed by atoms with van der Waals surface area (Å²) in [7, 11) is 3.91. The zero-order chi connectivity index (χ0) is 19.2. The van der Waals surface area contributed by atoms with Crippen LogP contribution in [0.15, 0.2) is 71.5 Å². The fourth-order valence-corrected chi connectivity index (χ4v) is 3.53. The summed E-state index contributed by atoms with van der Waals surface area (Å²) in [5.41, 5.74) is 0.883. The predicted molar refractivity (Wildman–Crippen MR) is 103 cm³/mol. The highest BCUT2D eigenvalue weighted by Gasteiger charge is 2.24. The van der Waals surface area contributed by atoms with E-state index in [2.05, 4.69) is 10.3 Å². The lowest BCUT2D eigenvalue weighted by Gasteiger charge is -2.16. The fourth-order valence-electron chi connectivity index (χ4n) is 2.55. The number of carbonyl (C=O) groups is 2. The molecule has 1 aromatic carbocycles. The molecule has 0 saturated carbocycles. The topological polar surface area (TPSA) is 89.3 Å². The zero-order valence-electron chi connectivity index (χ0n) is 14.0. The quantitative estimate of drug-likeness (QED) is 0.482. The third-order valence-corrected chi connectivity index (χ3v) is 4.80. The van der Waals surface area contributed by atoms with Crippen LogP contribution in [0.2, 0.25) is 0 Å². The van der Waals surface area contributed by atoms with Crippen LogP contribution in [0.1, 0.15) is 27.6 Å². The number of furan rings is 1. The Bertz CT molecular complexity index is 961. The second-order valence-corrected chi connectivity index (χ2v) is 7.59. The van der Waals surface area contributed by atoms with E-state index in [1.54, 1.807) is 60.8 Å². The minimum Gasteiger partial charge on any atom is -0.461 e. The van der Waals surface area contributed by atoms with Crippen molar-refractivity contribution < 1.29 is 18.2 Å².